The minimum Gasteiger partial charge on any atom is -0.406 e. The number of benzene rings is 2. The normalized spacial score (nSPS) is 17.5. The molecule has 3 aromatic rings. The van der Waals surface area contributed by atoms with Crippen LogP contribution < -0.4 is 10.1 Å². The molecule has 1 aromatic heterocycles. The van der Waals surface area contributed by atoms with E-state index in [1.165, 1.54) is 18.2 Å². The van der Waals surface area contributed by atoms with Gasteiger partial charge in [0, 0.05) is 56.9 Å². The van der Waals surface area contributed by atoms with Crippen LogP contribution in [0.5, 0.6) is 5.75 Å². The number of fused-ring (bicyclic) bond motifs is 1. The summed E-state index contributed by atoms with van der Waals surface area (Å²) in [5.41, 5.74) is 2.12. The predicted octanol–water partition coefficient (Wildman–Crippen LogP) is 6.47. The Morgan fingerprint density at radius 1 is 0.922 bits per heavy atom. The Morgan fingerprint density at radius 2 is 1.59 bits per heavy atom. The molecule has 0 radical (unpaired) electrons. The lowest BCUT2D eigenvalue weighted by molar-refractivity contribution is -0.274. The van der Waals surface area contributed by atoms with Crippen LogP contribution in [0.3, 0.4) is 0 Å². The lowest BCUT2D eigenvalue weighted by atomic mass is 9.99. The van der Waals surface area contributed by atoms with Crippen LogP contribution in [0.2, 0.25) is 0 Å². The Labute approximate surface area is 290 Å². The Kier molecular flexibility index (Phi) is 10.8. The largest absolute Gasteiger partial charge is 0.573 e. The molecular formula is C35H39F6N5O5. The molecule has 2 aliphatic heterocycles. The van der Waals surface area contributed by atoms with Crippen molar-refractivity contribution in [3.63, 3.8) is 0 Å². The summed E-state index contributed by atoms with van der Waals surface area (Å²) in [5.74, 6) is -3.54. The summed E-state index contributed by atoms with van der Waals surface area (Å²) in [6.45, 7) is 9.03. The first-order valence-corrected chi connectivity index (χ1v) is 16.3. The molecule has 0 aliphatic carbocycles. The standard InChI is InChI=1S/C35H39F6N5O5/c1-33(2,3)45(32(49)50-31(48)34(36,37)38)13-12-25-20-42-30(47)28-19-27(24-6-5-7-26(18-24)51-35(39,40)41)29(46(25)28)23-10-8-22(9-11-23)21-44-16-14-43(4)15-17-44/h5-11,18-19,25H,12-17,20-21H2,1-4H3,(H,42,47)/t25-/m0/s1. The molecule has 0 spiro atoms. The number of carbonyl (C=O) groups excluding carboxylic acids is 3. The molecule has 10 nitrogen and oxygen atoms in total. The van der Waals surface area contributed by atoms with Gasteiger partial charge in [0.25, 0.3) is 5.91 Å². The Bertz CT molecular complexity index is 1740. The highest BCUT2D eigenvalue weighted by Gasteiger charge is 2.44. The van der Waals surface area contributed by atoms with Gasteiger partial charge in [-0.25, -0.2) is 9.59 Å². The number of aromatic nitrogens is 1. The maximum Gasteiger partial charge on any atom is 0.573 e. The zero-order valence-corrected chi connectivity index (χ0v) is 28.5. The van der Waals surface area contributed by atoms with Crippen molar-refractivity contribution in [1.29, 1.82) is 0 Å². The molecule has 2 aliphatic rings. The summed E-state index contributed by atoms with van der Waals surface area (Å²) < 4.78 is 88.2. The fraction of sp³-hybridized carbons (Fsp3) is 0.457. The van der Waals surface area contributed by atoms with Gasteiger partial charge in [0.1, 0.15) is 11.4 Å². The Hall–Kier alpha value is -4.57. The van der Waals surface area contributed by atoms with Gasteiger partial charge in [-0.05, 0) is 69.1 Å². The second-order valence-electron chi connectivity index (χ2n) is 13.6. The average Bonchev–Trinajstić information content (AvgIpc) is 3.44. The van der Waals surface area contributed by atoms with Gasteiger partial charge in [0.05, 0.1) is 11.7 Å². The van der Waals surface area contributed by atoms with E-state index >= 15 is 0 Å². The van der Waals surface area contributed by atoms with Gasteiger partial charge in [-0.1, -0.05) is 36.4 Å². The number of nitrogens with zero attached hydrogens (tertiary/aromatic N) is 4. The van der Waals surface area contributed by atoms with Crippen LogP contribution in [0.15, 0.2) is 54.6 Å². The highest BCUT2D eigenvalue weighted by Crippen LogP contribution is 2.41. The predicted molar refractivity (Wildman–Crippen MR) is 175 cm³/mol. The Balaban J connectivity index is 1.53. The van der Waals surface area contributed by atoms with Gasteiger partial charge in [0.2, 0.25) is 0 Å². The monoisotopic (exact) mass is 723 g/mol. The number of piperazine rings is 1. The SMILES string of the molecule is CN1CCN(Cc2ccc(-c3c(-c4cccc(OC(F)(F)F)c4)cc4n3[C@@H](CCN(C(=O)OC(=O)C(F)(F)F)C(C)(C)C)CNC4=O)cc2)CC1. The number of rotatable bonds is 8. The molecule has 3 heterocycles. The van der Waals surface area contributed by atoms with Crippen molar-refractivity contribution in [2.24, 2.45) is 0 Å². The third-order valence-electron chi connectivity index (χ3n) is 8.87. The summed E-state index contributed by atoms with van der Waals surface area (Å²) in [5, 5.41) is 2.80. The number of hydrogen-bond acceptors (Lipinski definition) is 7. The first-order chi connectivity index (χ1) is 23.8. The van der Waals surface area contributed by atoms with E-state index in [4.69, 9.17) is 0 Å². The number of alkyl halides is 6. The molecule has 0 unspecified atom stereocenters. The van der Waals surface area contributed by atoms with E-state index in [1.54, 1.807) is 37.5 Å². The van der Waals surface area contributed by atoms with E-state index in [0.717, 1.165) is 36.6 Å². The van der Waals surface area contributed by atoms with Crippen molar-refractivity contribution in [1.82, 2.24) is 24.6 Å². The van der Waals surface area contributed by atoms with Gasteiger partial charge in [-0.15, -0.1) is 13.2 Å². The van der Waals surface area contributed by atoms with E-state index < -0.39 is 47.8 Å². The number of amides is 2. The molecule has 2 aromatic carbocycles. The smallest absolute Gasteiger partial charge is 0.406 e. The first kappa shape index (κ1) is 37.7. The van der Waals surface area contributed by atoms with E-state index in [1.807, 2.05) is 24.3 Å². The van der Waals surface area contributed by atoms with Gasteiger partial charge in [-0.2, -0.15) is 13.2 Å². The third kappa shape index (κ3) is 9.22. The third-order valence-corrected chi connectivity index (χ3v) is 8.87. The minimum absolute atomic E-state index is 0.0696. The second-order valence-corrected chi connectivity index (χ2v) is 13.6. The molecule has 51 heavy (non-hydrogen) atoms. The molecule has 5 rings (SSSR count). The number of likely N-dealkylation sites (N-methyl/N-ethyl adjacent to an activating group) is 1. The van der Waals surface area contributed by atoms with Crippen LogP contribution in [0.1, 0.15) is 49.3 Å². The van der Waals surface area contributed by atoms with E-state index in [0.29, 0.717) is 28.9 Å². The first-order valence-electron chi connectivity index (χ1n) is 16.3. The van der Waals surface area contributed by atoms with Crippen LogP contribution in [0, 0.1) is 0 Å². The van der Waals surface area contributed by atoms with Crippen LogP contribution >= 0.6 is 0 Å². The molecule has 16 heteroatoms. The number of ether oxygens (including phenoxy) is 2. The van der Waals surface area contributed by atoms with Gasteiger partial charge in [0.15, 0.2) is 0 Å². The number of nitrogens with one attached hydrogen (secondary N) is 1. The Morgan fingerprint density at radius 3 is 2.20 bits per heavy atom. The molecule has 276 valence electrons. The van der Waals surface area contributed by atoms with Gasteiger partial charge >= 0.3 is 24.6 Å². The maximum atomic E-state index is 13.3. The summed E-state index contributed by atoms with van der Waals surface area (Å²) in [4.78, 5) is 43.2. The lowest BCUT2D eigenvalue weighted by Gasteiger charge is -2.36. The van der Waals surface area contributed by atoms with Crippen LogP contribution in [-0.4, -0.2) is 102 Å². The molecule has 1 fully saturated rings. The maximum absolute atomic E-state index is 13.3. The average molecular weight is 724 g/mol. The highest BCUT2D eigenvalue weighted by atomic mass is 19.4. The second kappa shape index (κ2) is 14.6. The van der Waals surface area contributed by atoms with E-state index in [2.05, 4.69) is 31.6 Å². The molecule has 2 amide bonds. The van der Waals surface area contributed by atoms with Crippen LogP contribution in [0.25, 0.3) is 22.4 Å². The molecule has 0 saturated carbocycles. The molecule has 1 atom stereocenters. The molecule has 1 N–H and O–H groups in total. The van der Waals surface area contributed by atoms with E-state index in [-0.39, 0.29) is 25.2 Å². The summed E-state index contributed by atoms with van der Waals surface area (Å²) >= 11 is 0. The summed E-state index contributed by atoms with van der Waals surface area (Å²) in [6.07, 6.45) is -11.7. The van der Waals surface area contributed by atoms with Crippen molar-refractivity contribution in [2.75, 3.05) is 46.3 Å². The fourth-order valence-electron chi connectivity index (χ4n) is 6.28. The molecule has 1 saturated heterocycles. The van der Waals surface area contributed by atoms with Crippen molar-refractivity contribution in [3.05, 3.63) is 65.9 Å². The van der Waals surface area contributed by atoms with Crippen molar-refractivity contribution in [2.45, 2.75) is 57.9 Å². The van der Waals surface area contributed by atoms with Crippen LogP contribution in [-0.2, 0) is 16.1 Å². The van der Waals surface area contributed by atoms with Gasteiger partial charge < -0.3 is 29.2 Å². The summed E-state index contributed by atoms with van der Waals surface area (Å²) in [6, 6.07) is 14.0. The molecular weight excluding hydrogens is 684 g/mol. The number of hydrogen-bond donors (Lipinski definition) is 1. The van der Waals surface area contributed by atoms with E-state index in [9.17, 15) is 40.7 Å². The van der Waals surface area contributed by atoms with Crippen LogP contribution in [0.4, 0.5) is 31.1 Å². The zero-order valence-electron chi connectivity index (χ0n) is 28.5. The highest BCUT2D eigenvalue weighted by molar-refractivity contribution is 5.98. The quantitative estimate of drug-likeness (QED) is 0.162. The lowest BCUT2D eigenvalue weighted by Crippen LogP contribution is -2.49. The number of halogens is 6. The van der Waals surface area contributed by atoms with Crippen molar-refractivity contribution < 1.29 is 50.2 Å². The van der Waals surface area contributed by atoms with Crippen molar-refractivity contribution >= 4 is 18.0 Å². The number of carbonyl (C=O) groups is 3. The topological polar surface area (TPSA) is 96.3 Å². The minimum atomic E-state index is -5.37. The summed E-state index contributed by atoms with van der Waals surface area (Å²) in [7, 11) is 2.07. The van der Waals surface area contributed by atoms with Crippen molar-refractivity contribution in [3.8, 4) is 28.1 Å². The van der Waals surface area contributed by atoms with Gasteiger partial charge in [-0.3, -0.25) is 9.69 Å². The zero-order chi connectivity index (χ0) is 37.3. The fourth-order valence-corrected chi connectivity index (χ4v) is 6.28. The number of esters is 1. The molecule has 0 bridgehead atoms.